The van der Waals surface area contributed by atoms with Crippen LogP contribution in [-0.2, 0) is 11.2 Å². The molecule has 1 unspecified atom stereocenters. The van der Waals surface area contributed by atoms with Gasteiger partial charge >= 0.3 is 31.1 Å². The smallest absolute Gasteiger partial charge is 0.566 e. The molecule has 0 radical (unpaired) electrons. The Morgan fingerprint density at radius 3 is 2.41 bits per heavy atom. The van der Waals surface area contributed by atoms with E-state index in [9.17, 15) is 4.79 Å². The molecule has 22 heavy (non-hydrogen) atoms. The molecule has 0 aromatic heterocycles. The van der Waals surface area contributed by atoms with Crippen molar-refractivity contribution in [2.45, 2.75) is 46.1 Å². The standard InChI is InChI=1S/C14H16NO.C2H5O.C2H6.U/c1-2-13-8-9-14(16)15(13)11-10-12-6-4-3-5-7-12;1-2-3;1-2;/h1-7,13H,8-11H2;2-3H,1H3;1-2H3;/q2*-1;;+2. The van der Waals surface area contributed by atoms with E-state index in [-0.39, 0.29) is 43.1 Å². The van der Waals surface area contributed by atoms with Gasteiger partial charge in [0.1, 0.15) is 0 Å². The van der Waals surface area contributed by atoms with Crippen molar-refractivity contribution in [3.05, 3.63) is 55.2 Å². The quantitative estimate of drug-likeness (QED) is 0.606. The van der Waals surface area contributed by atoms with E-state index in [0.29, 0.717) is 6.42 Å². The fraction of sp³-hybridized carbons (Fsp3) is 0.444. The first-order valence-electron chi connectivity index (χ1n) is 7.53. The van der Waals surface area contributed by atoms with Gasteiger partial charge in [0.2, 0.25) is 5.91 Å². The Kier molecular flexibility index (Phi) is 16.5. The van der Waals surface area contributed by atoms with Crippen molar-refractivity contribution in [2.24, 2.45) is 0 Å². The number of aliphatic hydroxyl groups is 1. The third kappa shape index (κ3) is 8.78. The molecule has 1 saturated heterocycles. The van der Waals surface area contributed by atoms with Crippen LogP contribution in [-0.4, -0.2) is 28.5 Å². The van der Waals surface area contributed by atoms with Crippen LogP contribution in [0.25, 0.3) is 0 Å². The van der Waals surface area contributed by atoms with Gasteiger partial charge in [-0.25, -0.2) is 6.61 Å². The molecule has 1 aliphatic heterocycles. The molecule has 4 heteroatoms. The third-order valence-electron chi connectivity index (χ3n) is 3.08. The summed E-state index contributed by atoms with van der Waals surface area (Å²) in [4.78, 5) is 13.5. The molecule has 1 aromatic rings. The molecule has 3 nitrogen and oxygen atoms in total. The van der Waals surface area contributed by atoms with Crippen LogP contribution in [0, 0.1) is 44.3 Å². The van der Waals surface area contributed by atoms with Gasteiger partial charge in [0.15, 0.2) is 0 Å². The number of rotatable bonds is 4. The third-order valence-corrected chi connectivity index (χ3v) is 3.08. The first-order chi connectivity index (χ1) is 10.2. The van der Waals surface area contributed by atoms with Gasteiger partial charge in [0, 0.05) is 19.0 Å². The Balaban J connectivity index is 0. The zero-order valence-corrected chi connectivity index (χ0v) is 18.0. The van der Waals surface area contributed by atoms with E-state index < -0.39 is 0 Å². The molecule has 0 saturated carbocycles. The fourth-order valence-electron chi connectivity index (χ4n) is 2.14. The van der Waals surface area contributed by atoms with Crippen molar-refractivity contribution in [1.82, 2.24) is 4.90 Å². The maximum Gasteiger partial charge on any atom is 2.00 e. The van der Waals surface area contributed by atoms with Crippen molar-refractivity contribution < 1.29 is 41.0 Å². The maximum atomic E-state index is 11.6. The van der Waals surface area contributed by atoms with Crippen LogP contribution in [0.15, 0.2) is 36.4 Å². The average molecular weight is 527 g/mol. The van der Waals surface area contributed by atoms with E-state index in [1.54, 1.807) is 13.0 Å². The van der Waals surface area contributed by atoms with Crippen LogP contribution in [0.2, 0.25) is 0 Å². The van der Waals surface area contributed by atoms with Gasteiger partial charge < -0.3 is 16.6 Å². The summed E-state index contributed by atoms with van der Waals surface area (Å²) < 4.78 is 0. The van der Waals surface area contributed by atoms with E-state index >= 15 is 0 Å². The molecule has 2 rings (SSSR count). The van der Waals surface area contributed by atoms with Crippen molar-refractivity contribution in [3.8, 4) is 0 Å². The number of benzene rings is 1. The summed E-state index contributed by atoms with van der Waals surface area (Å²) in [5.74, 6) is 0.225. The van der Waals surface area contributed by atoms with Crippen molar-refractivity contribution >= 4 is 5.91 Å². The minimum absolute atomic E-state index is 0. The van der Waals surface area contributed by atoms with Crippen LogP contribution in [0.1, 0.15) is 39.2 Å². The van der Waals surface area contributed by atoms with Crippen molar-refractivity contribution in [1.29, 1.82) is 0 Å². The number of hydrogen-bond acceptors (Lipinski definition) is 2. The molecule has 0 bridgehead atoms. The van der Waals surface area contributed by atoms with Crippen LogP contribution >= 0.6 is 0 Å². The molecular weight excluding hydrogens is 500 g/mol. The topological polar surface area (TPSA) is 40.5 Å². The van der Waals surface area contributed by atoms with E-state index in [1.807, 2.05) is 36.9 Å². The van der Waals surface area contributed by atoms with Gasteiger partial charge in [-0.2, -0.15) is 6.92 Å². The molecule has 120 valence electrons. The van der Waals surface area contributed by atoms with Crippen LogP contribution < -0.4 is 0 Å². The van der Waals surface area contributed by atoms with Gasteiger partial charge in [0.05, 0.1) is 0 Å². The van der Waals surface area contributed by atoms with Crippen LogP contribution in [0.3, 0.4) is 0 Å². The number of nitrogens with zero attached hydrogens (tertiary/aromatic N) is 1. The van der Waals surface area contributed by atoms with Gasteiger partial charge in [-0.05, 0) is 18.4 Å². The minimum atomic E-state index is 0. The molecular formula is C18H27NO2U. The molecule has 1 atom stereocenters. The predicted octanol–water partition coefficient (Wildman–Crippen LogP) is 3.78. The van der Waals surface area contributed by atoms with Crippen LogP contribution in [0.5, 0.6) is 0 Å². The first-order valence-corrected chi connectivity index (χ1v) is 7.53. The van der Waals surface area contributed by atoms with E-state index in [4.69, 9.17) is 11.7 Å². The molecule has 1 N–H and O–H groups in total. The summed E-state index contributed by atoms with van der Waals surface area (Å²) in [5.41, 5.74) is 1.26. The number of aliphatic hydroxyl groups excluding tert-OH is 1. The molecule has 1 amide bonds. The summed E-state index contributed by atoms with van der Waals surface area (Å²) in [6.45, 7) is 12.9. The maximum absolute atomic E-state index is 11.6. The summed E-state index contributed by atoms with van der Waals surface area (Å²) in [7, 11) is 0. The number of amides is 1. The Hall–Kier alpha value is -0.558. The van der Waals surface area contributed by atoms with E-state index in [2.05, 4.69) is 12.1 Å². The molecule has 0 aliphatic carbocycles. The Morgan fingerprint density at radius 1 is 1.36 bits per heavy atom. The van der Waals surface area contributed by atoms with Gasteiger partial charge in [-0.15, -0.1) is 0 Å². The SMILES string of the molecule is CC.C[CH-]O.[CH-]=CC1CCC(=O)N1CCc1ccccc1.[U+2]. The second-order valence-electron chi connectivity index (χ2n) is 4.38. The zero-order valence-electron chi connectivity index (χ0n) is 13.8. The largest absolute Gasteiger partial charge is 2.00 e. The summed E-state index contributed by atoms with van der Waals surface area (Å²) in [6, 6.07) is 10.3. The Bertz CT molecular complexity index is 395. The second kappa shape index (κ2) is 15.3. The van der Waals surface area contributed by atoms with E-state index in [0.717, 1.165) is 26.0 Å². The van der Waals surface area contributed by atoms with Crippen molar-refractivity contribution in [3.63, 3.8) is 0 Å². The average Bonchev–Trinajstić information content (AvgIpc) is 2.89. The van der Waals surface area contributed by atoms with Crippen molar-refractivity contribution in [2.75, 3.05) is 6.54 Å². The predicted molar refractivity (Wildman–Crippen MR) is 87.0 cm³/mol. The zero-order chi connectivity index (χ0) is 16.1. The summed E-state index contributed by atoms with van der Waals surface area (Å²) in [5, 5.41) is 7.44. The first kappa shape index (κ1) is 23.7. The van der Waals surface area contributed by atoms with Crippen LogP contribution in [0.4, 0.5) is 0 Å². The van der Waals surface area contributed by atoms with Gasteiger partial charge in [-0.3, -0.25) is 10.9 Å². The van der Waals surface area contributed by atoms with Gasteiger partial charge in [0.25, 0.3) is 0 Å². The number of carbonyl (C=O) groups excluding carboxylic acids is 1. The monoisotopic (exact) mass is 527 g/mol. The normalized spacial score (nSPS) is 15.7. The molecule has 1 aliphatic rings. The number of likely N-dealkylation sites (tertiary alicyclic amines) is 1. The molecule has 1 fully saturated rings. The minimum Gasteiger partial charge on any atom is -0.566 e. The second-order valence-corrected chi connectivity index (χ2v) is 4.38. The Labute approximate surface area is 159 Å². The molecule has 1 heterocycles. The number of carbonyl (C=O) groups is 1. The summed E-state index contributed by atoms with van der Waals surface area (Å²) >= 11 is 0. The molecule has 0 spiro atoms. The van der Waals surface area contributed by atoms with E-state index in [1.165, 1.54) is 5.56 Å². The molecule has 1 aromatic carbocycles. The fourth-order valence-corrected chi connectivity index (χ4v) is 2.14. The summed E-state index contributed by atoms with van der Waals surface area (Å²) in [6.07, 6.45) is 4.03. The Morgan fingerprint density at radius 2 is 1.91 bits per heavy atom. The number of hydrogen-bond donors (Lipinski definition) is 1. The van der Waals surface area contributed by atoms with Gasteiger partial charge in [-0.1, -0.05) is 44.2 Å².